The van der Waals surface area contributed by atoms with Gasteiger partial charge in [0, 0.05) is 22.3 Å². The smallest absolute Gasteiger partial charge is 0.343 e. The number of alkyl halides is 3. The molecule has 6 heteroatoms. The Kier molecular flexibility index (Phi) is 2.74. The minimum absolute atomic E-state index is 0.197. The first-order valence-electron chi connectivity index (χ1n) is 6.17. The van der Waals surface area contributed by atoms with Gasteiger partial charge in [-0.3, -0.25) is 4.40 Å². The molecule has 2 aromatic rings. The lowest BCUT2D eigenvalue weighted by Gasteiger charge is -2.31. The average molecular weight is 286 g/mol. The van der Waals surface area contributed by atoms with Crippen LogP contribution in [0.4, 0.5) is 13.2 Å². The number of fused-ring (bicyclic) bond motifs is 1. The summed E-state index contributed by atoms with van der Waals surface area (Å²) in [6, 6.07) is 2.57. The van der Waals surface area contributed by atoms with Gasteiger partial charge in [0.25, 0.3) is 0 Å². The second kappa shape index (κ2) is 4.10. The predicted octanol–water partition coefficient (Wildman–Crippen LogP) is 4.53. The maximum absolute atomic E-state index is 13.0. The van der Waals surface area contributed by atoms with Crippen LogP contribution in [0.1, 0.15) is 37.1 Å². The zero-order valence-corrected chi connectivity index (χ0v) is 11.1. The lowest BCUT2D eigenvalue weighted by molar-refractivity contribution is -0.142. The van der Waals surface area contributed by atoms with Crippen LogP contribution in [0.5, 0.6) is 0 Å². The van der Waals surface area contributed by atoms with E-state index in [9.17, 15) is 13.2 Å². The molecule has 1 fully saturated rings. The molecule has 3 rings (SSSR count). The van der Waals surface area contributed by atoms with Crippen molar-refractivity contribution in [3.63, 3.8) is 0 Å². The normalized spacial score (nSPS) is 23.6. The highest BCUT2D eigenvalue weighted by atomic mass is 32.1. The van der Waals surface area contributed by atoms with Gasteiger partial charge in [-0.15, -0.1) is 0 Å². The monoisotopic (exact) mass is 286 g/mol. The van der Waals surface area contributed by atoms with Gasteiger partial charge in [0.1, 0.15) is 11.3 Å². The second-order valence-electron chi connectivity index (χ2n) is 5.31. The molecule has 1 saturated carbocycles. The van der Waals surface area contributed by atoms with Crippen molar-refractivity contribution in [1.82, 2.24) is 9.38 Å². The summed E-state index contributed by atoms with van der Waals surface area (Å²) >= 11 is 4.90. The predicted molar refractivity (Wildman–Crippen MR) is 68.7 cm³/mol. The Morgan fingerprint density at radius 3 is 2.58 bits per heavy atom. The lowest BCUT2D eigenvalue weighted by atomic mass is 9.75. The molecule has 19 heavy (non-hydrogen) atoms. The van der Waals surface area contributed by atoms with Gasteiger partial charge < -0.3 is 4.98 Å². The molecule has 0 radical (unpaired) electrons. The van der Waals surface area contributed by atoms with Crippen LogP contribution in [0.15, 0.2) is 18.3 Å². The Morgan fingerprint density at radius 2 is 2.00 bits per heavy atom. The number of rotatable bonds is 1. The van der Waals surface area contributed by atoms with Crippen LogP contribution in [0.25, 0.3) is 5.65 Å². The molecular formula is C13H13F3N2S. The van der Waals surface area contributed by atoms with Crippen molar-refractivity contribution >= 4 is 17.9 Å². The largest absolute Gasteiger partial charge is 0.431 e. The number of nitrogens with one attached hydrogen (secondary N) is 1. The fraction of sp³-hybridized carbons (Fsp3) is 0.462. The molecule has 0 amide bonds. The van der Waals surface area contributed by atoms with Crippen LogP contribution in [0.2, 0.25) is 0 Å². The molecule has 0 spiro atoms. The van der Waals surface area contributed by atoms with Gasteiger partial charge in [0.2, 0.25) is 0 Å². The molecule has 0 unspecified atom stereocenters. The summed E-state index contributed by atoms with van der Waals surface area (Å²) in [6.07, 6.45) is -0.793. The van der Waals surface area contributed by atoms with Crippen molar-refractivity contribution < 1.29 is 13.2 Å². The molecule has 0 aliphatic heterocycles. The first-order chi connectivity index (χ1) is 8.84. The Balaban J connectivity index is 2.14. The number of pyridine rings is 1. The van der Waals surface area contributed by atoms with Gasteiger partial charge in [0.05, 0.1) is 0 Å². The molecule has 2 nitrogen and oxygen atoms in total. The zero-order chi connectivity index (χ0) is 13.8. The highest BCUT2D eigenvalue weighted by Crippen LogP contribution is 2.41. The van der Waals surface area contributed by atoms with E-state index in [1.54, 1.807) is 12.3 Å². The molecule has 1 aliphatic carbocycles. The molecule has 1 aliphatic rings. The quantitative estimate of drug-likeness (QED) is 0.764. The zero-order valence-electron chi connectivity index (χ0n) is 10.3. The SMILES string of the molecule is CC1CC(c2cn3c(C(F)(F)F)cc(=S)cc3[nH]2)C1. The third-order valence-corrected chi connectivity index (χ3v) is 3.96. The summed E-state index contributed by atoms with van der Waals surface area (Å²) in [6.45, 7) is 2.15. The van der Waals surface area contributed by atoms with Crippen LogP contribution < -0.4 is 0 Å². The molecule has 0 aromatic carbocycles. The summed E-state index contributed by atoms with van der Waals surface area (Å²) in [5.41, 5.74) is 0.559. The van der Waals surface area contributed by atoms with E-state index in [1.807, 2.05) is 0 Å². The second-order valence-corrected chi connectivity index (χ2v) is 5.78. The van der Waals surface area contributed by atoms with Crippen molar-refractivity contribution in [2.75, 3.05) is 0 Å². The molecule has 2 aromatic heterocycles. The van der Waals surface area contributed by atoms with Crippen molar-refractivity contribution in [3.8, 4) is 0 Å². The van der Waals surface area contributed by atoms with Crippen LogP contribution in [0, 0.1) is 10.4 Å². The molecule has 0 bridgehead atoms. The Hall–Kier alpha value is -1.30. The topological polar surface area (TPSA) is 20.2 Å². The van der Waals surface area contributed by atoms with Crippen LogP contribution >= 0.6 is 12.2 Å². The number of imidazole rings is 1. The van der Waals surface area contributed by atoms with E-state index in [1.165, 1.54) is 0 Å². The third-order valence-electron chi connectivity index (χ3n) is 3.72. The van der Waals surface area contributed by atoms with E-state index in [0.29, 0.717) is 17.5 Å². The van der Waals surface area contributed by atoms with Crippen LogP contribution in [-0.4, -0.2) is 9.38 Å². The highest BCUT2D eigenvalue weighted by Gasteiger charge is 2.34. The van der Waals surface area contributed by atoms with Gasteiger partial charge in [-0.05, 0) is 30.9 Å². The van der Waals surface area contributed by atoms with E-state index in [0.717, 1.165) is 29.0 Å². The van der Waals surface area contributed by atoms with Gasteiger partial charge >= 0.3 is 6.18 Å². The third kappa shape index (κ3) is 2.18. The van der Waals surface area contributed by atoms with Crippen molar-refractivity contribution in [2.24, 2.45) is 5.92 Å². The Labute approximate surface area is 113 Å². The molecule has 1 N–H and O–H groups in total. The van der Waals surface area contributed by atoms with Crippen LogP contribution in [-0.2, 0) is 6.18 Å². The number of hydrogen-bond donors (Lipinski definition) is 1. The molecule has 102 valence electrons. The van der Waals surface area contributed by atoms with Crippen molar-refractivity contribution in [3.05, 3.63) is 34.2 Å². The number of halogens is 3. The maximum Gasteiger partial charge on any atom is 0.431 e. The van der Waals surface area contributed by atoms with E-state index >= 15 is 0 Å². The van der Waals surface area contributed by atoms with E-state index < -0.39 is 11.9 Å². The fourth-order valence-corrected chi connectivity index (χ4v) is 2.94. The van der Waals surface area contributed by atoms with Crippen LogP contribution in [0.3, 0.4) is 0 Å². The first kappa shape index (κ1) is 12.7. The summed E-state index contributed by atoms with van der Waals surface area (Å²) < 4.78 is 40.3. The van der Waals surface area contributed by atoms with Gasteiger partial charge in [-0.25, -0.2) is 0 Å². The van der Waals surface area contributed by atoms with Gasteiger partial charge in [-0.1, -0.05) is 19.1 Å². The van der Waals surface area contributed by atoms with Gasteiger partial charge in [0.15, 0.2) is 0 Å². The Bertz CT molecular complexity index is 677. The van der Waals surface area contributed by atoms with Crippen molar-refractivity contribution in [2.45, 2.75) is 31.9 Å². The minimum atomic E-state index is -4.40. The number of aromatic nitrogens is 2. The number of H-pyrrole nitrogens is 1. The van der Waals surface area contributed by atoms with E-state index in [2.05, 4.69) is 11.9 Å². The maximum atomic E-state index is 13.0. The first-order valence-corrected chi connectivity index (χ1v) is 6.58. The standard InChI is InChI=1S/C13H13F3N2S/c1-7-2-8(3-7)10-6-18-11(13(14,15)16)4-9(19)5-12(18)17-10/h4-8,17H,2-3H2,1H3. The number of nitrogens with zero attached hydrogens (tertiary/aromatic N) is 1. The highest BCUT2D eigenvalue weighted by molar-refractivity contribution is 7.71. The summed E-state index contributed by atoms with van der Waals surface area (Å²) in [5.74, 6) is 0.988. The molecule has 0 atom stereocenters. The minimum Gasteiger partial charge on any atom is -0.343 e. The van der Waals surface area contributed by atoms with Gasteiger partial charge in [-0.2, -0.15) is 13.2 Å². The molecule has 0 saturated heterocycles. The lowest BCUT2D eigenvalue weighted by Crippen LogP contribution is -2.19. The molecular weight excluding hydrogens is 273 g/mol. The molecule has 2 heterocycles. The summed E-state index contributed by atoms with van der Waals surface area (Å²) in [7, 11) is 0. The fourth-order valence-electron chi connectivity index (χ4n) is 2.72. The van der Waals surface area contributed by atoms with Crippen molar-refractivity contribution in [1.29, 1.82) is 0 Å². The number of hydrogen-bond acceptors (Lipinski definition) is 1. The number of aromatic amines is 1. The van der Waals surface area contributed by atoms with E-state index in [-0.39, 0.29) is 4.51 Å². The van der Waals surface area contributed by atoms with E-state index in [4.69, 9.17) is 12.2 Å². The Morgan fingerprint density at radius 1 is 1.32 bits per heavy atom. The average Bonchev–Trinajstić information content (AvgIpc) is 2.65. The summed E-state index contributed by atoms with van der Waals surface area (Å²) in [4.78, 5) is 3.07. The summed E-state index contributed by atoms with van der Waals surface area (Å²) in [5, 5.41) is 0.